The molecule has 2 heterocycles. The summed E-state index contributed by atoms with van der Waals surface area (Å²) in [5.41, 5.74) is 7.98. The Morgan fingerprint density at radius 1 is 1.44 bits per heavy atom. The lowest BCUT2D eigenvalue weighted by Gasteiger charge is -2.00. The highest BCUT2D eigenvalue weighted by Crippen LogP contribution is 2.49. The Hall–Kier alpha value is -1.95. The molecule has 1 aliphatic rings. The van der Waals surface area contributed by atoms with Crippen LogP contribution in [-0.2, 0) is 0 Å². The highest BCUT2D eigenvalue weighted by atomic mass is 16.3. The van der Waals surface area contributed by atoms with Crippen molar-refractivity contribution in [3.8, 4) is 0 Å². The summed E-state index contributed by atoms with van der Waals surface area (Å²) in [7, 11) is 0. The van der Waals surface area contributed by atoms with Gasteiger partial charge in [-0.2, -0.15) is 0 Å². The molecule has 6 nitrogen and oxygen atoms in total. The van der Waals surface area contributed by atoms with Gasteiger partial charge in [-0.15, -0.1) is 0 Å². The number of rotatable bonds is 2. The molecule has 3 N–H and O–H groups in total. The molecule has 0 aromatic carbocycles. The van der Waals surface area contributed by atoms with E-state index in [1.807, 2.05) is 4.57 Å². The first kappa shape index (κ1) is 9.29. The van der Waals surface area contributed by atoms with Crippen LogP contribution in [0.1, 0.15) is 6.04 Å². The van der Waals surface area contributed by atoms with Crippen molar-refractivity contribution in [2.45, 2.75) is 6.04 Å². The lowest BCUT2D eigenvalue weighted by atomic mass is 10.4. The van der Waals surface area contributed by atoms with Crippen LogP contribution in [0.25, 0.3) is 11.2 Å². The Balaban J connectivity index is 2.13. The molecular weight excluding hydrogens is 206 g/mol. The summed E-state index contributed by atoms with van der Waals surface area (Å²) >= 11 is 0. The van der Waals surface area contributed by atoms with Gasteiger partial charge in [-0.1, -0.05) is 6.58 Å². The molecule has 2 aromatic rings. The number of aliphatic hydroxyl groups excluding tert-OH is 1. The fraction of sp³-hybridized carbons (Fsp3) is 0.300. The summed E-state index contributed by atoms with van der Waals surface area (Å²) in [4.78, 5) is 12.2. The maximum absolute atomic E-state index is 9.12. The van der Waals surface area contributed by atoms with Crippen molar-refractivity contribution < 1.29 is 5.11 Å². The second-order valence-electron chi connectivity index (χ2n) is 3.89. The topological polar surface area (TPSA) is 89.9 Å². The number of aromatic nitrogens is 4. The van der Waals surface area contributed by atoms with Gasteiger partial charge in [0.2, 0.25) is 0 Å². The van der Waals surface area contributed by atoms with Crippen LogP contribution in [-0.4, -0.2) is 31.2 Å². The molecule has 3 rings (SSSR count). The molecule has 0 radical (unpaired) electrons. The average molecular weight is 217 g/mol. The van der Waals surface area contributed by atoms with Crippen molar-refractivity contribution >= 4 is 17.0 Å². The molecule has 0 spiro atoms. The minimum absolute atomic E-state index is 0.0873. The second-order valence-corrected chi connectivity index (χ2v) is 3.89. The summed E-state index contributed by atoms with van der Waals surface area (Å²) in [6.45, 7) is 4.00. The zero-order valence-corrected chi connectivity index (χ0v) is 8.54. The van der Waals surface area contributed by atoms with Crippen LogP contribution in [0.3, 0.4) is 0 Å². The molecule has 82 valence electrons. The summed E-state index contributed by atoms with van der Waals surface area (Å²) < 4.78 is 1.89. The molecule has 0 bridgehead atoms. The van der Waals surface area contributed by atoms with Crippen LogP contribution in [0.15, 0.2) is 24.8 Å². The highest BCUT2D eigenvalue weighted by molar-refractivity contribution is 5.81. The predicted molar refractivity (Wildman–Crippen MR) is 58.5 cm³/mol. The van der Waals surface area contributed by atoms with Gasteiger partial charge in [0.1, 0.15) is 11.8 Å². The maximum Gasteiger partial charge on any atom is 0.166 e. The van der Waals surface area contributed by atoms with Gasteiger partial charge in [0, 0.05) is 5.92 Å². The predicted octanol–water partition coefficient (Wildman–Crippen LogP) is 0.128. The Bertz CT molecular complexity index is 576. The van der Waals surface area contributed by atoms with Crippen LogP contribution in [0.2, 0.25) is 0 Å². The third kappa shape index (κ3) is 1.07. The number of imidazole rings is 1. The molecule has 1 aliphatic carbocycles. The zero-order valence-electron chi connectivity index (χ0n) is 8.54. The van der Waals surface area contributed by atoms with E-state index in [4.69, 9.17) is 10.8 Å². The molecule has 2 aromatic heterocycles. The van der Waals surface area contributed by atoms with Crippen molar-refractivity contribution in [1.82, 2.24) is 19.5 Å². The molecule has 16 heavy (non-hydrogen) atoms. The molecule has 6 heteroatoms. The van der Waals surface area contributed by atoms with E-state index in [1.165, 1.54) is 6.33 Å². The van der Waals surface area contributed by atoms with E-state index in [9.17, 15) is 0 Å². The third-order valence-electron chi connectivity index (χ3n) is 3.01. The first-order valence-corrected chi connectivity index (χ1v) is 4.96. The molecule has 0 unspecified atom stereocenters. The van der Waals surface area contributed by atoms with Gasteiger partial charge < -0.3 is 15.4 Å². The average Bonchev–Trinajstić information content (AvgIpc) is 2.73. The molecule has 1 saturated carbocycles. The number of aliphatic hydroxyl groups is 1. The number of fused-ring (bicyclic) bond motifs is 1. The van der Waals surface area contributed by atoms with Gasteiger partial charge in [-0.3, -0.25) is 0 Å². The first-order chi connectivity index (χ1) is 7.74. The third-order valence-corrected chi connectivity index (χ3v) is 3.01. The SMILES string of the molecule is C=C1[C@@H](n2cnc3c(N)ncnc32)[C@H]1CO. The highest BCUT2D eigenvalue weighted by Gasteiger charge is 2.44. The van der Waals surface area contributed by atoms with E-state index in [-0.39, 0.29) is 18.6 Å². The van der Waals surface area contributed by atoms with Gasteiger partial charge in [0.05, 0.1) is 19.0 Å². The lowest BCUT2D eigenvalue weighted by Crippen LogP contribution is -1.99. The van der Waals surface area contributed by atoms with Gasteiger partial charge in [-0.05, 0) is 5.57 Å². The quantitative estimate of drug-likeness (QED) is 0.698. The van der Waals surface area contributed by atoms with Crippen LogP contribution in [0.4, 0.5) is 5.82 Å². The summed E-state index contributed by atoms with van der Waals surface area (Å²) in [6, 6.07) is 0.0873. The number of anilines is 1. The normalized spacial score (nSPS) is 23.9. The molecule has 2 atom stereocenters. The molecule has 0 amide bonds. The van der Waals surface area contributed by atoms with E-state index < -0.39 is 0 Å². The standard InChI is InChI=1S/C10H11N5O/c1-5-6(2-16)8(5)15-4-14-7-9(11)12-3-13-10(7)15/h3-4,6,8,16H,1-2H2,(H2,11,12,13)/t6-,8+/m0/s1. The van der Waals surface area contributed by atoms with Crippen LogP contribution >= 0.6 is 0 Å². The largest absolute Gasteiger partial charge is 0.396 e. The smallest absolute Gasteiger partial charge is 0.166 e. The number of hydrogen-bond donors (Lipinski definition) is 2. The molecule has 0 aliphatic heterocycles. The lowest BCUT2D eigenvalue weighted by molar-refractivity contribution is 0.272. The van der Waals surface area contributed by atoms with Gasteiger partial charge in [0.25, 0.3) is 0 Å². The summed E-state index contributed by atoms with van der Waals surface area (Å²) in [5.74, 6) is 0.476. The molecule has 0 saturated heterocycles. The summed E-state index contributed by atoms with van der Waals surface area (Å²) in [6.07, 6.45) is 3.08. The van der Waals surface area contributed by atoms with Crippen molar-refractivity contribution in [3.05, 3.63) is 24.8 Å². The van der Waals surface area contributed by atoms with Gasteiger partial charge >= 0.3 is 0 Å². The van der Waals surface area contributed by atoms with Crippen molar-refractivity contribution in [2.24, 2.45) is 5.92 Å². The number of nitrogens with two attached hydrogens (primary N) is 1. The molecular formula is C10H11N5O. The zero-order chi connectivity index (χ0) is 11.3. The van der Waals surface area contributed by atoms with Gasteiger partial charge in [-0.25, -0.2) is 15.0 Å². The van der Waals surface area contributed by atoms with E-state index in [0.717, 1.165) is 5.57 Å². The number of nitrogens with zero attached hydrogens (tertiary/aromatic N) is 4. The van der Waals surface area contributed by atoms with E-state index in [2.05, 4.69) is 21.5 Å². The maximum atomic E-state index is 9.12. The van der Waals surface area contributed by atoms with Gasteiger partial charge in [0.15, 0.2) is 11.5 Å². The minimum Gasteiger partial charge on any atom is -0.396 e. The monoisotopic (exact) mass is 217 g/mol. The van der Waals surface area contributed by atoms with Crippen molar-refractivity contribution in [2.75, 3.05) is 12.3 Å². The Kier molecular flexibility index (Phi) is 1.75. The number of nitrogen functional groups attached to an aromatic ring is 1. The van der Waals surface area contributed by atoms with Crippen molar-refractivity contribution in [3.63, 3.8) is 0 Å². The fourth-order valence-corrected chi connectivity index (χ4v) is 2.02. The van der Waals surface area contributed by atoms with Crippen LogP contribution in [0, 0.1) is 5.92 Å². The Morgan fingerprint density at radius 2 is 2.25 bits per heavy atom. The number of hydrogen-bond acceptors (Lipinski definition) is 5. The van der Waals surface area contributed by atoms with Crippen molar-refractivity contribution in [1.29, 1.82) is 0 Å². The Morgan fingerprint density at radius 3 is 2.94 bits per heavy atom. The molecule has 1 fully saturated rings. The fourth-order valence-electron chi connectivity index (χ4n) is 2.02. The minimum atomic E-state index is 0.0873. The Labute approximate surface area is 91.5 Å². The van der Waals surface area contributed by atoms with Crippen LogP contribution in [0.5, 0.6) is 0 Å². The summed E-state index contributed by atoms with van der Waals surface area (Å²) in [5, 5.41) is 9.12. The van der Waals surface area contributed by atoms with E-state index in [1.54, 1.807) is 6.33 Å². The van der Waals surface area contributed by atoms with E-state index in [0.29, 0.717) is 17.0 Å². The van der Waals surface area contributed by atoms with E-state index >= 15 is 0 Å². The first-order valence-electron chi connectivity index (χ1n) is 4.96. The second kappa shape index (κ2) is 3.02. The van der Waals surface area contributed by atoms with Crippen LogP contribution < -0.4 is 5.73 Å².